The molecule has 1 N–H and O–H groups in total. The maximum Gasteiger partial charge on any atom is 0.263 e. The van der Waals surface area contributed by atoms with Crippen molar-refractivity contribution in [2.24, 2.45) is 0 Å². The van der Waals surface area contributed by atoms with Gasteiger partial charge in [-0.3, -0.25) is 4.72 Å². The van der Waals surface area contributed by atoms with Crippen LogP contribution in [0.15, 0.2) is 41.3 Å². The summed E-state index contributed by atoms with van der Waals surface area (Å²) in [5.41, 5.74) is 2.39. The van der Waals surface area contributed by atoms with Crippen LogP contribution in [-0.4, -0.2) is 37.1 Å². The molecule has 1 aromatic carbocycles. The minimum Gasteiger partial charge on any atom is -0.363 e. The summed E-state index contributed by atoms with van der Waals surface area (Å²) >= 11 is 0. The summed E-state index contributed by atoms with van der Waals surface area (Å²) in [6, 6.07) is 10.1. The van der Waals surface area contributed by atoms with Gasteiger partial charge in [-0.15, -0.1) is 0 Å². The van der Waals surface area contributed by atoms with Gasteiger partial charge in [-0.2, -0.15) is 9.61 Å². The molecule has 2 aromatic heterocycles. The molecular formula is C16H19N5O2S. The lowest BCUT2D eigenvalue weighted by atomic mass is 10.2. The van der Waals surface area contributed by atoms with Gasteiger partial charge in [-0.05, 0) is 26.0 Å². The van der Waals surface area contributed by atoms with Crippen LogP contribution in [0.2, 0.25) is 0 Å². The Hall–Kier alpha value is -2.61. The SMILES string of the molecule is Cc1ccc(S(=O)(=O)Nc2cc(N(C)C)n3nc(C)cc3n2)cc1. The van der Waals surface area contributed by atoms with E-state index in [1.54, 1.807) is 40.9 Å². The lowest BCUT2D eigenvalue weighted by Crippen LogP contribution is -2.18. The number of rotatable bonds is 4. The Morgan fingerprint density at radius 3 is 2.38 bits per heavy atom. The third-order valence-corrected chi connectivity index (χ3v) is 4.93. The maximum absolute atomic E-state index is 12.5. The number of aromatic nitrogens is 3. The third kappa shape index (κ3) is 3.05. The highest BCUT2D eigenvalue weighted by atomic mass is 32.2. The highest BCUT2D eigenvalue weighted by Gasteiger charge is 2.17. The summed E-state index contributed by atoms with van der Waals surface area (Å²) in [4.78, 5) is 6.40. The van der Waals surface area contributed by atoms with Crippen LogP contribution in [0.1, 0.15) is 11.3 Å². The number of hydrogen-bond acceptors (Lipinski definition) is 5. The Balaban J connectivity index is 2.04. The number of nitrogens with one attached hydrogen (secondary N) is 1. The molecule has 3 rings (SSSR count). The summed E-state index contributed by atoms with van der Waals surface area (Å²) in [6.07, 6.45) is 0. The number of fused-ring (bicyclic) bond motifs is 1. The largest absolute Gasteiger partial charge is 0.363 e. The molecule has 0 spiro atoms. The highest BCUT2D eigenvalue weighted by molar-refractivity contribution is 7.92. The van der Waals surface area contributed by atoms with E-state index in [0.717, 1.165) is 17.1 Å². The van der Waals surface area contributed by atoms with E-state index in [0.29, 0.717) is 5.65 Å². The Morgan fingerprint density at radius 2 is 1.75 bits per heavy atom. The van der Waals surface area contributed by atoms with Gasteiger partial charge < -0.3 is 4.90 Å². The standard InChI is InChI=1S/C16H19N5O2S/c1-11-5-7-13(8-6-11)24(22,23)19-14-10-16(20(3)4)21-15(17-14)9-12(2)18-21/h5-10H,1-4H3,(H,17,19). The van der Waals surface area contributed by atoms with Gasteiger partial charge in [0.25, 0.3) is 10.0 Å². The van der Waals surface area contributed by atoms with Crippen LogP contribution in [-0.2, 0) is 10.0 Å². The minimum absolute atomic E-state index is 0.200. The van der Waals surface area contributed by atoms with E-state index >= 15 is 0 Å². The molecule has 0 aliphatic heterocycles. The van der Waals surface area contributed by atoms with Crippen molar-refractivity contribution in [3.8, 4) is 0 Å². The maximum atomic E-state index is 12.5. The first-order chi connectivity index (χ1) is 11.3. The van der Waals surface area contributed by atoms with Crippen molar-refractivity contribution in [3.63, 3.8) is 0 Å². The van der Waals surface area contributed by atoms with Crippen molar-refractivity contribution in [1.82, 2.24) is 14.6 Å². The zero-order chi connectivity index (χ0) is 17.5. The molecule has 0 atom stereocenters. The fourth-order valence-corrected chi connectivity index (χ4v) is 3.35. The number of aryl methyl sites for hydroxylation is 2. The fourth-order valence-electron chi connectivity index (χ4n) is 2.36. The normalized spacial score (nSPS) is 11.7. The third-order valence-electron chi connectivity index (χ3n) is 3.56. The molecule has 126 valence electrons. The van der Waals surface area contributed by atoms with E-state index in [2.05, 4.69) is 14.8 Å². The van der Waals surface area contributed by atoms with Crippen LogP contribution in [0.3, 0.4) is 0 Å². The Morgan fingerprint density at radius 1 is 1.08 bits per heavy atom. The molecule has 24 heavy (non-hydrogen) atoms. The van der Waals surface area contributed by atoms with Gasteiger partial charge in [0, 0.05) is 26.2 Å². The second kappa shape index (κ2) is 5.79. The smallest absolute Gasteiger partial charge is 0.263 e. The van der Waals surface area contributed by atoms with Crippen LogP contribution < -0.4 is 9.62 Å². The summed E-state index contributed by atoms with van der Waals surface area (Å²) in [6.45, 7) is 3.77. The highest BCUT2D eigenvalue weighted by Crippen LogP contribution is 2.21. The second-order valence-corrected chi connectivity index (χ2v) is 7.55. The number of nitrogens with zero attached hydrogens (tertiary/aromatic N) is 4. The average molecular weight is 345 g/mol. The van der Waals surface area contributed by atoms with Crippen LogP contribution in [0.25, 0.3) is 5.65 Å². The minimum atomic E-state index is -3.70. The van der Waals surface area contributed by atoms with Gasteiger partial charge in [-0.25, -0.2) is 13.4 Å². The molecule has 0 amide bonds. The predicted molar refractivity (Wildman–Crippen MR) is 94.0 cm³/mol. The van der Waals surface area contributed by atoms with Crippen molar-refractivity contribution in [1.29, 1.82) is 0 Å². The summed E-state index contributed by atoms with van der Waals surface area (Å²) in [7, 11) is 0.0352. The predicted octanol–water partition coefficient (Wildman–Crippen LogP) is 2.21. The Kier molecular flexibility index (Phi) is 3.92. The first kappa shape index (κ1) is 16.3. The Bertz CT molecular complexity index is 991. The van der Waals surface area contributed by atoms with Crippen molar-refractivity contribution in [3.05, 3.63) is 47.7 Å². The molecule has 2 heterocycles. The monoisotopic (exact) mass is 345 g/mol. The molecule has 7 nitrogen and oxygen atoms in total. The van der Waals surface area contributed by atoms with Crippen LogP contribution in [0.4, 0.5) is 11.6 Å². The molecule has 0 aliphatic rings. The number of anilines is 2. The average Bonchev–Trinajstić information content (AvgIpc) is 2.86. The molecule has 0 saturated heterocycles. The first-order valence-corrected chi connectivity index (χ1v) is 8.89. The van der Waals surface area contributed by atoms with Gasteiger partial charge >= 0.3 is 0 Å². The van der Waals surface area contributed by atoms with E-state index in [9.17, 15) is 8.42 Å². The van der Waals surface area contributed by atoms with Gasteiger partial charge in [-0.1, -0.05) is 17.7 Å². The van der Waals surface area contributed by atoms with Crippen molar-refractivity contribution in [2.45, 2.75) is 18.7 Å². The summed E-state index contributed by atoms with van der Waals surface area (Å²) in [5, 5.41) is 4.38. The molecule has 8 heteroatoms. The van der Waals surface area contributed by atoms with Crippen LogP contribution >= 0.6 is 0 Å². The van der Waals surface area contributed by atoms with Gasteiger partial charge in [0.15, 0.2) is 5.65 Å². The van der Waals surface area contributed by atoms with E-state index in [1.807, 2.05) is 32.8 Å². The van der Waals surface area contributed by atoms with Gasteiger partial charge in [0.05, 0.1) is 10.6 Å². The summed E-state index contributed by atoms with van der Waals surface area (Å²) < 4.78 is 29.3. The van der Waals surface area contributed by atoms with Crippen LogP contribution in [0.5, 0.6) is 0 Å². The lowest BCUT2D eigenvalue weighted by Gasteiger charge is -2.16. The molecule has 0 radical (unpaired) electrons. The van der Waals surface area contributed by atoms with E-state index in [-0.39, 0.29) is 10.7 Å². The zero-order valence-corrected chi connectivity index (χ0v) is 14.8. The quantitative estimate of drug-likeness (QED) is 0.784. The van der Waals surface area contributed by atoms with Gasteiger partial charge in [0.1, 0.15) is 11.6 Å². The molecule has 0 unspecified atom stereocenters. The van der Waals surface area contributed by atoms with E-state index < -0.39 is 10.0 Å². The Labute approximate surface area is 141 Å². The summed E-state index contributed by atoms with van der Waals surface area (Å²) in [5.74, 6) is 0.987. The molecule has 0 fully saturated rings. The van der Waals surface area contributed by atoms with Crippen LogP contribution in [0, 0.1) is 13.8 Å². The van der Waals surface area contributed by atoms with Crippen molar-refractivity contribution >= 4 is 27.3 Å². The first-order valence-electron chi connectivity index (χ1n) is 7.40. The molecule has 3 aromatic rings. The topological polar surface area (TPSA) is 79.6 Å². The van der Waals surface area contributed by atoms with Crippen molar-refractivity contribution in [2.75, 3.05) is 23.7 Å². The van der Waals surface area contributed by atoms with E-state index in [1.165, 1.54) is 0 Å². The lowest BCUT2D eigenvalue weighted by molar-refractivity contribution is 0.601. The number of sulfonamides is 1. The molecule has 0 bridgehead atoms. The fraction of sp³-hybridized carbons (Fsp3) is 0.250. The second-order valence-electron chi connectivity index (χ2n) is 5.87. The van der Waals surface area contributed by atoms with E-state index in [4.69, 9.17) is 0 Å². The number of benzene rings is 1. The molecule has 0 saturated carbocycles. The van der Waals surface area contributed by atoms with Crippen molar-refractivity contribution < 1.29 is 8.42 Å². The molecule has 0 aliphatic carbocycles. The zero-order valence-electron chi connectivity index (χ0n) is 14.0. The number of hydrogen-bond donors (Lipinski definition) is 1. The van der Waals surface area contributed by atoms with Gasteiger partial charge in [0.2, 0.25) is 0 Å². The molecular weight excluding hydrogens is 326 g/mol.